The van der Waals surface area contributed by atoms with Crippen molar-refractivity contribution >= 4 is 61.1 Å². The Balaban J connectivity index is 2.12. The van der Waals surface area contributed by atoms with Crippen LogP contribution in [0.3, 0.4) is 0 Å². The third kappa shape index (κ3) is 4.89. The Morgan fingerprint density at radius 3 is 2.69 bits per heavy atom. The van der Waals surface area contributed by atoms with Crippen LogP contribution in [0.2, 0.25) is 0 Å². The summed E-state index contributed by atoms with van der Waals surface area (Å²) in [5, 5.41) is 0. The molecule has 2 aromatic rings. The number of carbonyl (C=O) groups is 2. The third-order valence-corrected chi connectivity index (χ3v) is 7.84. The molecule has 1 aromatic carbocycles. The Labute approximate surface area is 192 Å². The van der Waals surface area contributed by atoms with Crippen molar-refractivity contribution in [2.24, 2.45) is 5.41 Å². The van der Waals surface area contributed by atoms with E-state index in [1.807, 2.05) is 29.7 Å². The van der Waals surface area contributed by atoms with Crippen LogP contribution in [0.5, 0.6) is 0 Å². The van der Waals surface area contributed by atoms with Crippen LogP contribution in [0.25, 0.3) is 0 Å². The highest BCUT2D eigenvalue weighted by Crippen LogP contribution is 2.46. The van der Waals surface area contributed by atoms with Gasteiger partial charge in [-0.25, -0.2) is 0 Å². The van der Waals surface area contributed by atoms with Crippen molar-refractivity contribution in [2.45, 2.75) is 61.8 Å². The maximum absolute atomic E-state index is 13.1. The lowest BCUT2D eigenvalue weighted by molar-refractivity contribution is -0.143. The van der Waals surface area contributed by atoms with E-state index in [0.29, 0.717) is 13.0 Å². The zero-order chi connectivity index (χ0) is 21.3. The summed E-state index contributed by atoms with van der Waals surface area (Å²) in [6.45, 7) is 8.39. The van der Waals surface area contributed by atoms with Gasteiger partial charge in [-0.3, -0.25) is 9.59 Å². The quantitative estimate of drug-likeness (QED) is 0.401. The summed E-state index contributed by atoms with van der Waals surface area (Å²) < 4.78 is 8.08. The van der Waals surface area contributed by atoms with Crippen molar-refractivity contribution in [2.75, 3.05) is 6.61 Å². The minimum atomic E-state index is -0.290. The highest BCUT2D eigenvalue weighted by molar-refractivity contribution is 9.10. The highest BCUT2D eigenvalue weighted by Gasteiger charge is 2.37. The number of carbonyl (C=O) groups excluding carboxylic acids is 2. The van der Waals surface area contributed by atoms with E-state index in [2.05, 4.69) is 29.8 Å². The van der Waals surface area contributed by atoms with Crippen LogP contribution in [0, 0.1) is 12.3 Å². The number of Topliss-reactive ketones (excluding diaryl/α,β-unsaturated/α-hetero) is 1. The van der Waals surface area contributed by atoms with Gasteiger partial charge in [0.15, 0.2) is 5.78 Å². The van der Waals surface area contributed by atoms with Crippen LogP contribution < -0.4 is 0 Å². The lowest BCUT2D eigenvalue weighted by Crippen LogP contribution is -2.29. The second kappa shape index (κ2) is 9.08. The lowest BCUT2D eigenvalue weighted by atomic mass is 9.76. The molecule has 29 heavy (non-hydrogen) atoms. The predicted octanol–water partition coefficient (Wildman–Crippen LogP) is 6.67. The molecule has 0 N–H and O–H groups in total. The molecule has 3 rings (SSSR count). The predicted molar refractivity (Wildman–Crippen MR) is 122 cm³/mol. The number of ketones is 1. The maximum atomic E-state index is 13.1. The van der Waals surface area contributed by atoms with E-state index in [9.17, 15) is 9.59 Å². The molecule has 0 amide bonds. The van der Waals surface area contributed by atoms with Crippen molar-refractivity contribution in [1.29, 1.82) is 0 Å². The van der Waals surface area contributed by atoms with Gasteiger partial charge in [0, 0.05) is 37.0 Å². The van der Waals surface area contributed by atoms with Crippen molar-refractivity contribution < 1.29 is 14.3 Å². The summed E-state index contributed by atoms with van der Waals surface area (Å²) in [6, 6.07) is 5.91. The zero-order valence-corrected chi connectivity index (χ0v) is 20.8. The Morgan fingerprint density at radius 2 is 2.03 bits per heavy atom. The van der Waals surface area contributed by atoms with Crippen LogP contribution in [-0.2, 0) is 22.5 Å². The number of esters is 1. The normalized spacial score (nSPS) is 15.3. The standard InChI is InChI=1S/C21H23BrClNO3S2/c1-5-27-18(26)11-24-12(2)20(19-14(24)9-21(3,4)10-15(19)25)28-16-7-6-13(22)8-17(16)29-23/h6-8H,5,9-11H2,1-4H3. The first-order chi connectivity index (χ1) is 13.7. The van der Waals surface area contributed by atoms with Gasteiger partial charge in [0.05, 0.1) is 12.2 Å². The first-order valence-electron chi connectivity index (χ1n) is 9.33. The van der Waals surface area contributed by atoms with E-state index in [1.54, 1.807) is 6.92 Å². The first kappa shape index (κ1) is 22.8. The SMILES string of the molecule is CCOC(=O)Cn1c(C)c(Sc2ccc(Br)cc2SCl)c2c1CC(C)(C)CC2=O. The minimum absolute atomic E-state index is 0.114. The topological polar surface area (TPSA) is 48.3 Å². The summed E-state index contributed by atoms with van der Waals surface area (Å²) in [5.41, 5.74) is 2.44. The molecule has 8 heteroatoms. The molecule has 1 aliphatic rings. The maximum Gasteiger partial charge on any atom is 0.325 e. The fourth-order valence-corrected chi connectivity index (χ4v) is 6.40. The molecule has 0 aliphatic heterocycles. The van der Waals surface area contributed by atoms with E-state index >= 15 is 0 Å². The van der Waals surface area contributed by atoms with Crippen LogP contribution in [0.15, 0.2) is 37.4 Å². The number of ether oxygens (including phenoxy) is 1. The monoisotopic (exact) mass is 515 g/mol. The number of hydrogen-bond donors (Lipinski definition) is 0. The molecule has 1 aromatic heterocycles. The van der Waals surface area contributed by atoms with E-state index in [-0.39, 0.29) is 23.7 Å². The van der Waals surface area contributed by atoms with Crippen LogP contribution in [0.4, 0.5) is 0 Å². The number of hydrogen-bond acceptors (Lipinski definition) is 5. The van der Waals surface area contributed by atoms with Gasteiger partial charge >= 0.3 is 5.97 Å². The first-order valence-corrected chi connectivity index (χ1v) is 12.6. The molecule has 0 saturated heterocycles. The smallest absolute Gasteiger partial charge is 0.325 e. The lowest BCUT2D eigenvalue weighted by Gasteiger charge is -2.30. The van der Waals surface area contributed by atoms with Crippen molar-refractivity contribution in [3.05, 3.63) is 39.6 Å². The largest absolute Gasteiger partial charge is 0.465 e. The molecule has 0 radical (unpaired) electrons. The summed E-state index contributed by atoms with van der Waals surface area (Å²) in [7, 11) is 7.23. The van der Waals surface area contributed by atoms with E-state index in [0.717, 1.165) is 53.5 Å². The second-order valence-electron chi connectivity index (χ2n) is 7.84. The molecular weight excluding hydrogens is 494 g/mol. The summed E-state index contributed by atoms with van der Waals surface area (Å²) in [6.07, 6.45) is 1.24. The molecule has 0 spiro atoms. The van der Waals surface area contributed by atoms with Crippen LogP contribution in [0.1, 0.15) is 48.9 Å². The minimum Gasteiger partial charge on any atom is -0.465 e. The van der Waals surface area contributed by atoms with Gasteiger partial charge in [-0.1, -0.05) is 41.5 Å². The molecule has 0 saturated carbocycles. The third-order valence-electron chi connectivity index (χ3n) is 4.93. The van der Waals surface area contributed by atoms with Gasteiger partial charge in [-0.2, -0.15) is 0 Å². The number of aromatic nitrogens is 1. The molecular formula is C21H23BrClNO3S2. The Bertz CT molecular complexity index is 971. The fraction of sp³-hybridized carbons (Fsp3) is 0.429. The van der Waals surface area contributed by atoms with Gasteiger partial charge in [0.25, 0.3) is 0 Å². The molecule has 156 valence electrons. The van der Waals surface area contributed by atoms with E-state index < -0.39 is 0 Å². The Morgan fingerprint density at radius 1 is 1.31 bits per heavy atom. The van der Waals surface area contributed by atoms with E-state index in [4.69, 9.17) is 15.4 Å². The Hall–Kier alpha value is -0.890. The number of rotatable bonds is 6. The molecule has 0 fully saturated rings. The molecule has 1 aliphatic carbocycles. The zero-order valence-electron chi connectivity index (χ0n) is 16.8. The highest BCUT2D eigenvalue weighted by atomic mass is 79.9. The number of benzene rings is 1. The van der Waals surface area contributed by atoms with Crippen LogP contribution >= 0.6 is 49.3 Å². The van der Waals surface area contributed by atoms with E-state index in [1.165, 1.54) is 11.8 Å². The second-order valence-corrected chi connectivity index (χ2v) is 10.9. The summed E-state index contributed by atoms with van der Waals surface area (Å²) in [5.74, 6) is -0.164. The van der Waals surface area contributed by atoms with Gasteiger partial charge in [0.1, 0.15) is 6.54 Å². The van der Waals surface area contributed by atoms with Gasteiger partial charge in [-0.05, 0) is 65.5 Å². The average Bonchev–Trinajstić information content (AvgIpc) is 2.88. The summed E-state index contributed by atoms with van der Waals surface area (Å²) >= 11 is 5.01. The van der Waals surface area contributed by atoms with Crippen molar-refractivity contribution in [3.8, 4) is 0 Å². The fourth-order valence-electron chi connectivity index (χ4n) is 3.69. The molecule has 1 heterocycles. The van der Waals surface area contributed by atoms with Gasteiger partial charge in [0.2, 0.25) is 0 Å². The average molecular weight is 517 g/mol. The number of halogens is 2. The summed E-state index contributed by atoms with van der Waals surface area (Å²) in [4.78, 5) is 28.2. The molecule has 4 nitrogen and oxygen atoms in total. The van der Waals surface area contributed by atoms with Gasteiger partial charge in [-0.15, -0.1) is 0 Å². The van der Waals surface area contributed by atoms with Crippen molar-refractivity contribution in [1.82, 2.24) is 4.57 Å². The van der Waals surface area contributed by atoms with Crippen LogP contribution in [-0.4, -0.2) is 22.9 Å². The Kier molecular flexibility index (Phi) is 7.14. The molecule has 0 atom stereocenters. The number of fused-ring (bicyclic) bond motifs is 1. The molecule has 0 unspecified atom stereocenters. The van der Waals surface area contributed by atoms with Gasteiger partial charge < -0.3 is 9.30 Å². The van der Waals surface area contributed by atoms with Crippen molar-refractivity contribution in [3.63, 3.8) is 0 Å². The number of nitrogens with zero attached hydrogens (tertiary/aromatic N) is 1. The molecule has 0 bridgehead atoms.